The summed E-state index contributed by atoms with van der Waals surface area (Å²) < 4.78 is 0. The first-order valence-corrected chi connectivity index (χ1v) is 7.94. The fourth-order valence-corrected chi connectivity index (χ4v) is 2.73. The van der Waals surface area contributed by atoms with Crippen molar-refractivity contribution < 1.29 is 9.90 Å². The molecule has 0 radical (unpaired) electrons. The van der Waals surface area contributed by atoms with Gasteiger partial charge in [-0.1, -0.05) is 26.7 Å². The lowest BCUT2D eigenvalue weighted by Crippen LogP contribution is -2.50. The zero-order valence-electron chi connectivity index (χ0n) is 13.2. The van der Waals surface area contributed by atoms with Crippen molar-refractivity contribution in [2.75, 3.05) is 26.2 Å². The van der Waals surface area contributed by atoms with Crippen molar-refractivity contribution in [1.82, 2.24) is 15.5 Å². The van der Waals surface area contributed by atoms with E-state index >= 15 is 0 Å². The summed E-state index contributed by atoms with van der Waals surface area (Å²) in [5.74, 6) is 0.517. The quantitative estimate of drug-likeness (QED) is 0.694. The number of nitrogens with one attached hydrogen (secondary N) is 2. The van der Waals surface area contributed by atoms with Crippen LogP contribution in [0, 0.1) is 5.92 Å². The number of nitrogens with zero attached hydrogens (tertiary/aromatic N) is 1. The number of rotatable bonds is 6. The smallest absolute Gasteiger partial charge is 0.315 e. The monoisotopic (exact) mass is 285 g/mol. The molecule has 5 heteroatoms. The van der Waals surface area contributed by atoms with E-state index in [1.807, 2.05) is 0 Å². The van der Waals surface area contributed by atoms with Gasteiger partial charge < -0.3 is 15.7 Å². The third kappa shape index (κ3) is 6.09. The van der Waals surface area contributed by atoms with E-state index in [-0.39, 0.29) is 18.7 Å². The first kappa shape index (κ1) is 17.2. The number of hydrogen-bond donors (Lipinski definition) is 3. The van der Waals surface area contributed by atoms with Gasteiger partial charge in [-0.3, -0.25) is 4.90 Å². The van der Waals surface area contributed by atoms with E-state index in [9.17, 15) is 4.79 Å². The number of aliphatic hydroxyl groups excluding tert-OH is 1. The number of hydrogen-bond acceptors (Lipinski definition) is 3. The molecule has 1 fully saturated rings. The highest BCUT2D eigenvalue weighted by Gasteiger charge is 2.23. The summed E-state index contributed by atoms with van der Waals surface area (Å²) in [7, 11) is 0. The Morgan fingerprint density at radius 2 is 1.75 bits per heavy atom. The van der Waals surface area contributed by atoms with Crippen LogP contribution in [0.15, 0.2) is 0 Å². The highest BCUT2D eigenvalue weighted by Crippen LogP contribution is 2.16. The molecular weight excluding hydrogens is 254 g/mol. The summed E-state index contributed by atoms with van der Waals surface area (Å²) >= 11 is 0. The lowest BCUT2D eigenvalue weighted by atomic mass is 10.0. The van der Waals surface area contributed by atoms with Crippen LogP contribution in [0.25, 0.3) is 0 Å². The van der Waals surface area contributed by atoms with Gasteiger partial charge in [0.25, 0.3) is 0 Å². The molecule has 0 aromatic carbocycles. The molecule has 2 amide bonds. The molecular formula is C15H31N3O2. The number of urea groups is 1. The average Bonchev–Trinajstić information content (AvgIpc) is 2.67. The first-order valence-electron chi connectivity index (χ1n) is 7.94. The van der Waals surface area contributed by atoms with Crippen molar-refractivity contribution in [3.63, 3.8) is 0 Å². The molecule has 0 bridgehead atoms. The minimum absolute atomic E-state index is 0.0346. The maximum atomic E-state index is 11.7. The van der Waals surface area contributed by atoms with Crippen LogP contribution in [0.3, 0.4) is 0 Å². The standard InChI is InChI=1S/C15H31N3O2/c1-12(2)14(18-8-6-4-5-7-9-18)10-16-15(20)17-13(3)11-19/h12-14,19H,4-11H2,1-3H3,(H2,16,17,20). The van der Waals surface area contributed by atoms with E-state index in [0.717, 1.165) is 13.1 Å². The third-order valence-corrected chi connectivity index (χ3v) is 4.00. The lowest BCUT2D eigenvalue weighted by Gasteiger charge is -2.33. The van der Waals surface area contributed by atoms with Gasteiger partial charge in [0.2, 0.25) is 0 Å². The predicted molar refractivity (Wildman–Crippen MR) is 81.7 cm³/mol. The van der Waals surface area contributed by atoms with Gasteiger partial charge in [-0.2, -0.15) is 0 Å². The van der Waals surface area contributed by atoms with E-state index in [4.69, 9.17) is 5.11 Å². The SMILES string of the molecule is CC(CO)NC(=O)NCC(C(C)C)N1CCCCCC1. The van der Waals surface area contributed by atoms with Crippen molar-refractivity contribution in [2.24, 2.45) is 5.92 Å². The van der Waals surface area contributed by atoms with Crippen LogP contribution in [-0.2, 0) is 0 Å². The Morgan fingerprint density at radius 1 is 1.15 bits per heavy atom. The minimum atomic E-state index is -0.203. The molecule has 0 spiro atoms. The summed E-state index contributed by atoms with van der Waals surface area (Å²) in [6.07, 6.45) is 5.17. The molecule has 1 aliphatic heterocycles. The van der Waals surface area contributed by atoms with Gasteiger partial charge in [0, 0.05) is 12.6 Å². The molecule has 2 unspecified atom stereocenters. The highest BCUT2D eigenvalue weighted by molar-refractivity contribution is 5.74. The summed E-state index contributed by atoms with van der Waals surface area (Å²) in [5.41, 5.74) is 0. The molecule has 0 aromatic heterocycles. The maximum absolute atomic E-state index is 11.7. The van der Waals surface area contributed by atoms with Gasteiger partial charge in [0.15, 0.2) is 0 Å². The average molecular weight is 285 g/mol. The second kappa shape index (κ2) is 9.19. The maximum Gasteiger partial charge on any atom is 0.315 e. The zero-order valence-corrected chi connectivity index (χ0v) is 13.2. The second-order valence-corrected chi connectivity index (χ2v) is 6.20. The fraction of sp³-hybridized carbons (Fsp3) is 0.933. The van der Waals surface area contributed by atoms with Crippen molar-refractivity contribution in [1.29, 1.82) is 0 Å². The first-order chi connectivity index (χ1) is 9.54. The Balaban J connectivity index is 2.44. The van der Waals surface area contributed by atoms with E-state index in [1.165, 1.54) is 25.7 Å². The van der Waals surface area contributed by atoms with Crippen LogP contribution < -0.4 is 10.6 Å². The molecule has 118 valence electrons. The minimum Gasteiger partial charge on any atom is -0.394 e. The molecule has 0 aliphatic carbocycles. The summed E-state index contributed by atoms with van der Waals surface area (Å²) in [6, 6.07) is 0.000918. The molecule has 5 nitrogen and oxygen atoms in total. The van der Waals surface area contributed by atoms with E-state index in [1.54, 1.807) is 6.92 Å². The van der Waals surface area contributed by atoms with Gasteiger partial charge in [-0.15, -0.1) is 0 Å². The number of carbonyl (C=O) groups excluding carboxylic acids is 1. The van der Waals surface area contributed by atoms with Crippen molar-refractivity contribution in [3.8, 4) is 0 Å². The van der Waals surface area contributed by atoms with Crippen LogP contribution in [0.2, 0.25) is 0 Å². The molecule has 2 atom stereocenters. The van der Waals surface area contributed by atoms with Crippen molar-refractivity contribution in [2.45, 2.75) is 58.5 Å². The third-order valence-electron chi connectivity index (χ3n) is 4.00. The molecule has 1 saturated heterocycles. The van der Waals surface area contributed by atoms with E-state index in [0.29, 0.717) is 18.5 Å². The molecule has 0 saturated carbocycles. The number of carbonyl (C=O) groups is 1. The van der Waals surface area contributed by atoms with Crippen molar-refractivity contribution >= 4 is 6.03 Å². The Kier molecular flexibility index (Phi) is 7.92. The van der Waals surface area contributed by atoms with E-state index in [2.05, 4.69) is 29.4 Å². The summed E-state index contributed by atoms with van der Waals surface area (Å²) in [6.45, 7) is 9.12. The summed E-state index contributed by atoms with van der Waals surface area (Å²) in [5, 5.41) is 14.6. The van der Waals surface area contributed by atoms with Crippen LogP contribution in [0.5, 0.6) is 0 Å². The van der Waals surface area contributed by atoms with Crippen molar-refractivity contribution in [3.05, 3.63) is 0 Å². The predicted octanol–water partition coefficient (Wildman–Crippen LogP) is 1.57. The van der Waals surface area contributed by atoms with Crippen LogP contribution in [0.4, 0.5) is 4.79 Å². The Labute approximate surface area is 123 Å². The molecule has 1 aliphatic rings. The van der Waals surface area contributed by atoms with Crippen LogP contribution in [0.1, 0.15) is 46.5 Å². The fourth-order valence-electron chi connectivity index (χ4n) is 2.73. The zero-order chi connectivity index (χ0) is 15.0. The molecule has 3 N–H and O–H groups in total. The second-order valence-electron chi connectivity index (χ2n) is 6.20. The number of likely N-dealkylation sites (tertiary alicyclic amines) is 1. The van der Waals surface area contributed by atoms with E-state index < -0.39 is 0 Å². The number of aliphatic hydroxyl groups is 1. The van der Waals surface area contributed by atoms with Gasteiger partial charge in [-0.05, 0) is 38.8 Å². The Bertz CT molecular complexity index is 276. The van der Waals surface area contributed by atoms with Gasteiger partial charge in [0.1, 0.15) is 0 Å². The Hall–Kier alpha value is -0.810. The van der Waals surface area contributed by atoms with Crippen LogP contribution in [-0.4, -0.2) is 54.4 Å². The molecule has 0 aromatic rings. The Morgan fingerprint density at radius 3 is 2.25 bits per heavy atom. The van der Waals surface area contributed by atoms with Crippen LogP contribution >= 0.6 is 0 Å². The van der Waals surface area contributed by atoms with Gasteiger partial charge in [-0.25, -0.2) is 4.79 Å². The molecule has 20 heavy (non-hydrogen) atoms. The van der Waals surface area contributed by atoms with Gasteiger partial charge in [0.05, 0.1) is 12.6 Å². The molecule has 1 heterocycles. The summed E-state index contributed by atoms with van der Waals surface area (Å²) in [4.78, 5) is 14.3. The lowest BCUT2D eigenvalue weighted by molar-refractivity contribution is 0.156. The van der Waals surface area contributed by atoms with Gasteiger partial charge >= 0.3 is 6.03 Å². The molecule has 1 rings (SSSR count). The highest BCUT2D eigenvalue weighted by atomic mass is 16.3. The normalized spacial score (nSPS) is 20.2. The largest absolute Gasteiger partial charge is 0.394 e. The topological polar surface area (TPSA) is 64.6 Å². The number of amides is 2.